The summed E-state index contributed by atoms with van der Waals surface area (Å²) in [5.41, 5.74) is 0.470. The fourth-order valence-corrected chi connectivity index (χ4v) is 0. The molecule has 0 aromatic heterocycles. The molecule has 0 aliphatic rings. The number of hydrogen-bond donors (Lipinski definition) is 0. The number of rotatable bonds is 0. The van der Waals surface area contributed by atoms with Crippen LogP contribution in [0.5, 0.6) is 0 Å². The third-order valence-electron chi connectivity index (χ3n) is 0. The van der Waals surface area contributed by atoms with Gasteiger partial charge in [-0.1, -0.05) is 0 Å². The average molecular weight is 208 g/mol. The van der Waals surface area contributed by atoms with Gasteiger partial charge in [0.15, 0.2) is 0 Å². The van der Waals surface area contributed by atoms with Gasteiger partial charge in [0.1, 0.15) is 0 Å². The first-order valence-corrected chi connectivity index (χ1v) is 1.68. The number of halogens is 2. The maximum absolute atomic E-state index is 10.2. The SMILES string of the molecule is F[B]I.[V]. The molecule has 4 heteroatoms. The van der Waals surface area contributed by atoms with Crippen LogP contribution in [0.3, 0.4) is 0 Å². The van der Waals surface area contributed by atoms with E-state index < -0.39 is 0 Å². The van der Waals surface area contributed by atoms with Gasteiger partial charge in [0.25, 0.3) is 0 Å². The molecular weight excluding hydrogens is 208 g/mol. The zero-order valence-electron chi connectivity index (χ0n) is 1.78. The van der Waals surface area contributed by atoms with Gasteiger partial charge in [0.2, 0.25) is 0 Å². The van der Waals surface area contributed by atoms with Gasteiger partial charge in [0.05, 0.1) is 0 Å². The Morgan fingerprint density at radius 3 is 1.75 bits per heavy atom. The van der Waals surface area contributed by atoms with Gasteiger partial charge < -0.3 is 4.32 Å². The van der Waals surface area contributed by atoms with E-state index in [2.05, 4.69) is 0 Å². The second-order valence-corrected chi connectivity index (χ2v) is 0.553. The first kappa shape index (κ1) is 9.00. The van der Waals surface area contributed by atoms with E-state index in [1.54, 1.807) is 0 Å². The van der Waals surface area contributed by atoms with Crippen LogP contribution in [-0.2, 0) is 18.6 Å². The van der Waals surface area contributed by atoms with Crippen molar-refractivity contribution in [2.75, 3.05) is 0 Å². The van der Waals surface area contributed by atoms with E-state index in [9.17, 15) is 4.32 Å². The maximum atomic E-state index is 10.2. The van der Waals surface area contributed by atoms with Crippen LogP contribution in [0.1, 0.15) is 0 Å². The van der Waals surface area contributed by atoms with E-state index in [4.69, 9.17) is 0 Å². The fraction of sp³-hybridized carbons (Fsp3) is 0. The van der Waals surface area contributed by atoms with Crippen LogP contribution in [0.25, 0.3) is 0 Å². The third-order valence-corrected chi connectivity index (χ3v) is 0. The summed E-state index contributed by atoms with van der Waals surface area (Å²) in [5, 5.41) is 0. The first-order chi connectivity index (χ1) is 1.41. The van der Waals surface area contributed by atoms with Crippen molar-refractivity contribution >= 4 is 27.8 Å². The Hall–Kier alpha value is 1.31. The molecule has 0 saturated heterocycles. The van der Waals surface area contributed by atoms with E-state index in [1.807, 2.05) is 0 Å². The summed E-state index contributed by atoms with van der Waals surface area (Å²) in [5.74, 6) is 0. The molecule has 0 spiro atoms. The van der Waals surface area contributed by atoms with Gasteiger partial charge in [-0.2, -0.15) is 0 Å². The molecule has 0 aromatic carbocycles. The Morgan fingerprint density at radius 1 is 1.75 bits per heavy atom. The van der Waals surface area contributed by atoms with E-state index in [-0.39, 0.29) is 18.6 Å². The molecule has 0 atom stereocenters. The van der Waals surface area contributed by atoms with Crippen LogP contribution >= 0.6 is 22.4 Å². The normalized spacial score (nSPS) is 3.50. The molecule has 2 radical (unpaired) electrons. The van der Waals surface area contributed by atoms with Crippen molar-refractivity contribution in [1.82, 2.24) is 0 Å². The van der Waals surface area contributed by atoms with Crippen LogP contribution in [0.15, 0.2) is 0 Å². The molecule has 0 nitrogen and oxygen atoms in total. The quantitative estimate of drug-likeness (QED) is 0.410. The molecule has 0 bridgehead atoms. The Bertz CT molecular complexity index is 8.00. The molecule has 0 amide bonds. The number of hydrogen-bond acceptors (Lipinski definition) is 0. The van der Waals surface area contributed by atoms with Crippen LogP contribution < -0.4 is 0 Å². The molecule has 0 saturated carbocycles. The van der Waals surface area contributed by atoms with Crippen molar-refractivity contribution in [3.8, 4) is 0 Å². The molecule has 22 valence electrons. The first-order valence-electron chi connectivity index (χ1n) is 0.436. The van der Waals surface area contributed by atoms with E-state index in [0.717, 1.165) is 0 Å². The summed E-state index contributed by atoms with van der Waals surface area (Å²) in [4.78, 5) is 0. The Morgan fingerprint density at radius 2 is 1.75 bits per heavy atom. The summed E-state index contributed by atoms with van der Waals surface area (Å²) in [6.45, 7) is 0. The summed E-state index contributed by atoms with van der Waals surface area (Å²) in [7, 11) is 0. The molecule has 0 unspecified atom stereocenters. The Balaban J connectivity index is 0. The molecule has 0 N–H and O–H groups in total. The van der Waals surface area contributed by atoms with Crippen molar-refractivity contribution in [3.05, 3.63) is 0 Å². The Labute approximate surface area is 50.6 Å². The van der Waals surface area contributed by atoms with Gasteiger partial charge in [-0.05, 0) is 0 Å². The maximum Gasteiger partial charge on any atom is 0.433 e. The van der Waals surface area contributed by atoms with Gasteiger partial charge in [0, 0.05) is 18.6 Å². The van der Waals surface area contributed by atoms with Crippen LogP contribution in [0.2, 0.25) is 0 Å². The molecule has 0 rings (SSSR count). The minimum atomic E-state index is 0. The summed E-state index contributed by atoms with van der Waals surface area (Å²) in [6, 6.07) is 0. The molecular formula is BFIV. The minimum Gasteiger partial charge on any atom is -0.326 e. The van der Waals surface area contributed by atoms with Crippen molar-refractivity contribution in [2.24, 2.45) is 0 Å². The van der Waals surface area contributed by atoms with Gasteiger partial charge >= 0.3 is 5.41 Å². The fourth-order valence-electron chi connectivity index (χ4n) is 0. The second-order valence-electron chi connectivity index (χ2n) is 0.0825. The predicted octanol–water partition coefficient (Wildman–Crippen LogP) is 0.923. The summed E-state index contributed by atoms with van der Waals surface area (Å²) < 4.78 is 10.2. The van der Waals surface area contributed by atoms with Gasteiger partial charge in [-0.15, -0.1) is 22.4 Å². The molecule has 0 heterocycles. The van der Waals surface area contributed by atoms with Gasteiger partial charge in [-0.25, -0.2) is 0 Å². The smallest absolute Gasteiger partial charge is 0.326 e. The molecule has 0 aliphatic carbocycles. The van der Waals surface area contributed by atoms with E-state index >= 15 is 0 Å². The molecule has 0 aliphatic heterocycles. The van der Waals surface area contributed by atoms with Crippen molar-refractivity contribution < 1.29 is 22.9 Å². The van der Waals surface area contributed by atoms with Crippen LogP contribution in [-0.4, -0.2) is 5.41 Å². The molecule has 0 fully saturated rings. The predicted molar refractivity (Wildman–Crippen MR) is 20.9 cm³/mol. The summed E-state index contributed by atoms with van der Waals surface area (Å²) in [6.07, 6.45) is 0. The van der Waals surface area contributed by atoms with Crippen molar-refractivity contribution in [3.63, 3.8) is 0 Å². The topological polar surface area (TPSA) is 0 Å². The average Bonchev–Trinajstić information content (AvgIpc) is 0.918. The minimum absolute atomic E-state index is 0. The van der Waals surface area contributed by atoms with Crippen molar-refractivity contribution in [1.29, 1.82) is 0 Å². The monoisotopic (exact) mass is 208 g/mol. The second kappa shape index (κ2) is 8.85. The summed E-state index contributed by atoms with van der Waals surface area (Å²) >= 11 is 1.50. The van der Waals surface area contributed by atoms with Crippen molar-refractivity contribution in [2.45, 2.75) is 0 Å². The van der Waals surface area contributed by atoms with E-state index in [1.165, 1.54) is 22.4 Å². The zero-order chi connectivity index (χ0) is 2.71. The molecule has 4 heavy (non-hydrogen) atoms. The molecule has 0 aromatic rings. The van der Waals surface area contributed by atoms with Crippen LogP contribution in [0.4, 0.5) is 4.32 Å². The standard InChI is InChI=1S/BFI.V/c2-1-3;. The third kappa shape index (κ3) is 10.3. The van der Waals surface area contributed by atoms with Gasteiger partial charge in [-0.3, -0.25) is 0 Å². The zero-order valence-corrected chi connectivity index (χ0v) is 5.33. The van der Waals surface area contributed by atoms with E-state index in [0.29, 0.717) is 5.41 Å². The Kier molecular flexibility index (Phi) is 19.9. The van der Waals surface area contributed by atoms with Crippen LogP contribution in [0, 0.1) is 0 Å². The largest absolute Gasteiger partial charge is 0.433 e.